The highest BCUT2D eigenvalue weighted by Crippen LogP contribution is 2.32. The number of amides is 1. The number of methoxy groups -OCH3 is 1. The molecule has 0 saturated heterocycles. The van der Waals surface area contributed by atoms with Crippen LogP contribution in [0.3, 0.4) is 0 Å². The van der Waals surface area contributed by atoms with Gasteiger partial charge in [0, 0.05) is 27.3 Å². The number of benzene rings is 4. The second-order valence-corrected chi connectivity index (χ2v) is 8.40. The predicted molar refractivity (Wildman–Crippen MR) is 143 cm³/mol. The minimum Gasteiger partial charge on any atom is -0.497 e. The number of carbonyl (C=O) groups is 1. The van der Waals surface area contributed by atoms with Crippen LogP contribution < -0.4 is 15.4 Å². The number of hydrogen-bond acceptors (Lipinski definition) is 4. The molecule has 1 heterocycles. The van der Waals surface area contributed by atoms with Crippen molar-refractivity contribution < 1.29 is 9.53 Å². The average molecular weight is 480 g/mol. The summed E-state index contributed by atoms with van der Waals surface area (Å²) in [6, 6.07) is 32.3. The molecule has 0 aliphatic carbocycles. The zero-order chi connectivity index (χ0) is 24.2. The average Bonchev–Trinajstić information content (AvgIpc) is 2.90. The number of hydrogen-bond donors (Lipinski definition) is 2. The summed E-state index contributed by atoms with van der Waals surface area (Å²) in [7, 11) is 1.61. The first-order chi connectivity index (χ1) is 17.1. The fourth-order valence-corrected chi connectivity index (χ4v) is 4.02. The van der Waals surface area contributed by atoms with Crippen LogP contribution in [0.1, 0.15) is 10.4 Å². The molecule has 0 spiro atoms. The number of nitrogens with one attached hydrogen (secondary N) is 2. The van der Waals surface area contributed by atoms with Crippen LogP contribution in [0, 0.1) is 0 Å². The summed E-state index contributed by atoms with van der Waals surface area (Å²) in [6.45, 7) is 0. The molecule has 0 fully saturated rings. The molecule has 0 atom stereocenters. The van der Waals surface area contributed by atoms with E-state index < -0.39 is 0 Å². The Labute approximate surface area is 208 Å². The molecule has 1 aromatic heterocycles. The molecule has 6 heteroatoms. The summed E-state index contributed by atoms with van der Waals surface area (Å²) < 4.78 is 5.15. The standard InChI is InChI=1S/C29H22ClN3O2/c1-35-24-14-12-23(13-15-24)32-29(34)20-7-10-22(11-8-20)31-28-18-25(19-5-3-2-4-6-19)26-17-21(30)9-16-27(26)33-28/h2-18H,1H3,(H,31,33)(H,32,34). The van der Waals surface area contributed by atoms with Gasteiger partial charge in [0.1, 0.15) is 11.6 Å². The van der Waals surface area contributed by atoms with Crippen LogP contribution in [-0.2, 0) is 0 Å². The third kappa shape index (κ3) is 5.10. The van der Waals surface area contributed by atoms with E-state index in [0.29, 0.717) is 22.1 Å². The van der Waals surface area contributed by atoms with E-state index in [1.165, 1.54) is 0 Å². The third-order valence-corrected chi connectivity index (χ3v) is 5.86. The van der Waals surface area contributed by atoms with Crippen LogP contribution in [-0.4, -0.2) is 18.0 Å². The minimum atomic E-state index is -0.186. The van der Waals surface area contributed by atoms with Crippen molar-refractivity contribution in [2.24, 2.45) is 0 Å². The third-order valence-electron chi connectivity index (χ3n) is 5.62. The van der Waals surface area contributed by atoms with Crippen LogP contribution in [0.2, 0.25) is 5.02 Å². The van der Waals surface area contributed by atoms with Crippen molar-refractivity contribution in [2.45, 2.75) is 0 Å². The van der Waals surface area contributed by atoms with Gasteiger partial charge in [0.15, 0.2) is 0 Å². The molecule has 35 heavy (non-hydrogen) atoms. The van der Waals surface area contributed by atoms with Gasteiger partial charge in [0.25, 0.3) is 5.91 Å². The summed E-state index contributed by atoms with van der Waals surface area (Å²) in [4.78, 5) is 17.4. The van der Waals surface area contributed by atoms with Gasteiger partial charge < -0.3 is 15.4 Å². The van der Waals surface area contributed by atoms with Gasteiger partial charge in [-0.25, -0.2) is 4.98 Å². The Morgan fingerprint density at radius 3 is 2.26 bits per heavy atom. The Hall–Kier alpha value is -4.35. The molecule has 0 aliphatic heterocycles. The van der Waals surface area contributed by atoms with Crippen LogP contribution >= 0.6 is 11.6 Å². The minimum absolute atomic E-state index is 0.186. The van der Waals surface area contributed by atoms with Gasteiger partial charge in [-0.05, 0) is 83.9 Å². The number of fused-ring (bicyclic) bond motifs is 1. The molecular weight excluding hydrogens is 458 g/mol. The number of aromatic nitrogens is 1. The molecule has 0 unspecified atom stereocenters. The van der Waals surface area contributed by atoms with Crippen molar-refractivity contribution in [2.75, 3.05) is 17.7 Å². The highest BCUT2D eigenvalue weighted by atomic mass is 35.5. The lowest BCUT2D eigenvalue weighted by Crippen LogP contribution is -2.11. The van der Waals surface area contributed by atoms with Crippen LogP contribution in [0.4, 0.5) is 17.2 Å². The Morgan fingerprint density at radius 1 is 0.829 bits per heavy atom. The Kier molecular flexibility index (Phi) is 6.33. The van der Waals surface area contributed by atoms with Crippen molar-refractivity contribution in [1.82, 2.24) is 4.98 Å². The number of carbonyl (C=O) groups excluding carboxylic acids is 1. The van der Waals surface area contributed by atoms with Gasteiger partial charge in [0.2, 0.25) is 0 Å². The molecule has 0 saturated carbocycles. The van der Waals surface area contributed by atoms with E-state index in [1.54, 1.807) is 43.5 Å². The molecule has 172 valence electrons. The van der Waals surface area contributed by atoms with Gasteiger partial charge in [-0.1, -0.05) is 41.9 Å². The van der Waals surface area contributed by atoms with Crippen molar-refractivity contribution in [3.8, 4) is 16.9 Å². The zero-order valence-electron chi connectivity index (χ0n) is 19.0. The maximum absolute atomic E-state index is 12.6. The largest absolute Gasteiger partial charge is 0.497 e. The molecule has 5 nitrogen and oxygen atoms in total. The van der Waals surface area contributed by atoms with Gasteiger partial charge in [-0.3, -0.25) is 4.79 Å². The van der Waals surface area contributed by atoms with Crippen LogP contribution in [0.25, 0.3) is 22.0 Å². The van der Waals surface area contributed by atoms with Crippen molar-refractivity contribution in [3.63, 3.8) is 0 Å². The number of pyridine rings is 1. The van der Waals surface area contributed by atoms with Crippen molar-refractivity contribution in [1.29, 1.82) is 0 Å². The Morgan fingerprint density at radius 2 is 1.54 bits per heavy atom. The van der Waals surface area contributed by atoms with Crippen LogP contribution in [0.15, 0.2) is 103 Å². The quantitative estimate of drug-likeness (QED) is 0.264. The first-order valence-electron chi connectivity index (χ1n) is 11.1. The van der Waals surface area contributed by atoms with E-state index in [4.69, 9.17) is 21.3 Å². The van der Waals surface area contributed by atoms with Gasteiger partial charge in [-0.2, -0.15) is 0 Å². The van der Waals surface area contributed by atoms with Crippen LogP contribution in [0.5, 0.6) is 5.75 Å². The SMILES string of the molecule is COc1ccc(NC(=O)c2ccc(Nc3cc(-c4ccccc4)c4cc(Cl)ccc4n3)cc2)cc1. The molecular formula is C29H22ClN3O2. The van der Waals surface area contributed by atoms with Gasteiger partial charge in [0.05, 0.1) is 12.6 Å². The van der Waals surface area contributed by atoms with E-state index in [9.17, 15) is 4.79 Å². The number of rotatable bonds is 6. The topological polar surface area (TPSA) is 63.2 Å². The fourth-order valence-electron chi connectivity index (χ4n) is 3.85. The van der Waals surface area contributed by atoms with E-state index in [0.717, 1.165) is 33.5 Å². The normalized spacial score (nSPS) is 10.7. The molecule has 0 aliphatic rings. The van der Waals surface area contributed by atoms with Gasteiger partial charge in [-0.15, -0.1) is 0 Å². The maximum atomic E-state index is 12.6. The second kappa shape index (κ2) is 9.87. The smallest absolute Gasteiger partial charge is 0.255 e. The summed E-state index contributed by atoms with van der Waals surface area (Å²) in [5, 5.41) is 7.90. The first kappa shape index (κ1) is 22.4. The van der Waals surface area contributed by atoms with E-state index in [2.05, 4.69) is 22.8 Å². The molecule has 0 bridgehead atoms. The number of ether oxygens (including phenoxy) is 1. The first-order valence-corrected chi connectivity index (χ1v) is 11.4. The van der Waals surface area contributed by atoms with Crippen molar-refractivity contribution in [3.05, 3.63) is 114 Å². The lowest BCUT2D eigenvalue weighted by molar-refractivity contribution is 0.102. The second-order valence-electron chi connectivity index (χ2n) is 7.97. The monoisotopic (exact) mass is 479 g/mol. The predicted octanol–water partition coefficient (Wildman–Crippen LogP) is 7.56. The van der Waals surface area contributed by atoms with Crippen molar-refractivity contribution >= 4 is 45.6 Å². The van der Waals surface area contributed by atoms with E-state index in [1.807, 2.05) is 54.6 Å². The molecule has 0 radical (unpaired) electrons. The highest BCUT2D eigenvalue weighted by Gasteiger charge is 2.10. The van der Waals surface area contributed by atoms with Gasteiger partial charge >= 0.3 is 0 Å². The lowest BCUT2D eigenvalue weighted by atomic mass is 10.0. The molecule has 5 rings (SSSR count). The number of anilines is 3. The summed E-state index contributed by atoms with van der Waals surface area (Å²) >= 11 is 6.27. The molecule has 5 aromatic rings. The summed E-state index contributed by atoms with van der Waals surface area (Å²) in [5.74, 6) is 1.25. The highest BCUT2D eigenvalue weighted by molar-refractivity contribution is 6.31. The van der Waals surface area contributed by atoms with E-state index in [-0.39, 0.29) is 5.91 Å². The zero-order valence-corrected chi connectivity index (χ0v) is 19.7. The number of nitrogens with zero attached hydrogens (tertiary/aromatic N) is 1. The lowest BCUT2D eigenvalue weighted by Gasteiger charge is -2.12. The summed E-state index contributed by atoms with van der Waals surface area (Å²) in [5.41, 5.74) is 5.04. The maximum Gasteiger partial charge on any atom is 0.255 e. The fraction of sp³-hybridized carbons (Fsp3) is 0.0345. The molecule has 2 N–H and O–H groups in total. The Bertz CT molecular complexity index is 1490. The number of halogens is 1. The molecule has 4 aromatic carbocycles. The Balaban J connectivity index is 1.38. The van der Waals surface area contributed by atoms with E-state index >= 15 is 0 Å². The molecule has 1 amide bonds. The summed E-state index contributed by atoms with van der Waals surface area (Å²) in [6.07, 6.45) is 0.